The number of aromatic amines is 1. The Balaban J connectivity index is 1.34. The Morgan fingerprint density at radius 2 is 1.89 bits per heavy atom. The lowest BCUT2D eigenvalue weighted by Gasteiger charge is -2.26. The summed E-state index contributed by atoms with van der Waals surface area (Å²) in [7, 11) is 0. The monoisotopic (exact) mass is 356 g/mol. The number of H-pyrrole nitrogens is 1. The van der Waals surface area contributed by atoms with Crippen molar-refractivity contribution in [2.75, 3.05) is 6.54 Å². The van der Waals surface area contributed by atoms with E-state index in [0.29, 0.717) is 19.5 Å². The van der Waals surface area contributed by atoms with Crippen molar-refractivity contribution in [3.63, 3.8) is 0 Å². The number of benzene rings is 2. The average Bonchev–Trinajstić information content (AvgIpc) is 3.32. The van der Waals surface area contributed by atoms with Crippen LogP contribution >= 0.6 is 0 Å². The Bertz CT molecular complexity index is 1110. The number of aromatic nitrogens is 1. The fourth-order valence-electron chi connectivity index (χ4n) is 3.84. The van der Waals surface area contributed by atoms with Gasteiger partial charge in [0, 0.05) is 47.7 Å². The maximum Gasteiger partial charge on any atom is 0.227 e. The molecule has 0 atom stereocenters. The van der Waals surface area contributed by atoms with E-state index >= 15 is 0 Å². The number of rotatable bonds is 3. The van der Waals surface area contributed by atoms with Crippen LogP contribution in [0.2, 0.25) is 0 Å². The second-order valence-corrected chi connectivity index (χ2v) is 7.03. The first-order valence-corrected chi connectivity index (χ1v) is 9.28. The number of nitrogens with zero attached hydrogens (tertiary/aromatic N) is 1. The summed E-state index contributed by atoms with van der Waals surface area (Å²) >= 11 is 0. The number of carbonyl (C=O) groups excluding carboxylic acids is 1. The molecule has 1 aliphatic heterocycles. The summed E-state index contributed by atoms with van der Waals surface area (Å²) in [5.41, 5.74) is 4.32. The van der Waals surface area contributed by atoms with E-state index in [2.05, 4.69) is 17.1 Å². The lowest BCUT2D eigenvalue weighted by Crippen LogP contribution is -2.36. The number of furan rings is 1. The zero-order valence-corrected chi connectivity index (χ0v) is 14.9. The van der Waals surface area contributed by atoms with Gasteiger partial charge in [-0.25, -0.2) is 0 Å². The zero-order valence-electron chi connectivity index (χ0n) is 14.9. The molecule has 4 heteroatoms. The highest BCUT2D eigenvalue weighted by atomic mass is 16.3. The highest BCUT2D eigenvalue weighted by molar-refractivity contribution is 5.89. The van der Waals surface area contributed by atoms with Crippen LogP contribution in [-0.2, 0) is 24.2 Å². The molecule has 2 aromatic heterocycles. The summed E-state index contributed by atoms with van der Waals surface area (Å²) in [6.07, 6.45) is 3.13. The minimum atomic E-state index is 0.160. The molecule has 3 heterocycles. The summed E-state index contributed by atoms with van der Waals surface area (Å²) in [6.45, 7) is 1.32. The van der Waals surface area contributed by atoms with E-state index in [1.54, 1.807) is 0 Å². The number of para-hydroxylation sites is 1. The summed E-state index contributed by atoms with van der Waals surface area (Å²) in [5, 5.41) is 1.12. The van der Waals surface area contributed by atoms with Crippen molar-refractivity contribution in [3.05, 3.63) is 83.7 Å². The molecule has 1 aliphatic rings. The Kier molecular flexibility index (Phi) is 3.82. The van der Waals surface area contributed by atoms with Gasteiger partial charge in [-0.3, -0.25) is 4.79 Å². The molecular weight excluding hydrogens is 336 g/mol. The molecule has 27 heavy (non-hydrogen) atoms. The predicted molar refractivity (Wildman–Crippen MR) is 105 cm³/mol. The van der Waals surface area contributed by atoms with Crippen LogP contribution in [0, 0.1) is 0 Å². The van der Waals surface area contributed by atoms with Gasteiger partial charge >= 0.3 is 0 Å². The number of nitrogens with one attached hydrogen (secondary N) is 1. The Morgan fingerprint density at radius 3 is 2.78 bits per heavy atom. The van der Waals surface area contributed by atoms with Crippen LogP contribution in [0.1, 0.15) is 16.9 Å². The Morgan fingerprint density at radius 1 is 1.07 bits per heavy atom. The van der Waals surface area contributed by atoms with E-state index in [0.717, 1.165) is 45.5 Å². The van der Waals surface area contributed by atoms with Crippen LogP contribution in [0.3, 0.4) is 0 Å². The second kappa shape index (κ2) is 6.47. The van der Waals surface area contributed by atoms with Crippen LogP contribution in [0.5, 0.6) is 0 Å². The van der Waals surface area contributed by atoms with Crippen molar-refractivity contribution in [1.82, 2.24) is 9.88 Å². The first-order valence-electron chi connectivity index (χ1n) is 9.28. The fraction of sp³-hybridized carbons (Fsp3) is 0.174. The first-order chi connectivity index (χ1) is 13.3. The number of hydrogen-bond acceptors (Lipinski definition) is 2. The van der Waals surface area contributed by atoms with Gasteiger partial charge in [-0.15, -0.1) is 0 Å². The number of hydrogen-bond donors (Lipinski definition) is 1. The highest BCUT2D eigenvalue weighted by Crippen LogP contribution is 2.30. The standard InChI is InChI=1S/C23H20N2O2/c26-23(13-17-14-24-20-9-5-4-8-19(17)20)25-11-10-21-18(15-25)12-22(27-21)16-6-2-1-3-7-16/h1-9,12,14,24H,10-11,13,15H2. The molecule has 4 nitrogen and oxygen atoms in total. The lowest BCUT2D eigenvalue weighted by molar-refractivity contribution is -0.131. The third kappa shape index (κ3) is 2.93. The van der Waals surface area contributed by atoms with Crippen LogP contribution in [0.15, 0.2) is 71.3 Å². The van der Waals surface area contributed by atoms with E-state index < -0.39 is 0 Å². The molecule has 0 aliphatic carbocycles. The predicted octanol–water partition coefficient (Wildman–Crippen LogP) is 4.56. The topological polar surface area (TPSA) is 49.2 Å². The van der Waals surface area contributed by atoms with E-state index in [-0.39, 0.29) is 5.91 Å². The largest absolute Gasteiger partial charge is 0.461 e. The second-order valence-electron chi connectivity index (χ2n) is 7.03. The molecule has 0 saturated heterocycles. The normalized spacial score (nSPS) is 13.7. The summed E-state index contributed by atoms with van der Waals surface area (Å²) in [4.78, 5) is 18.1. The van der Waals surface area contributed by atoms with Crippen molar-refractivity contribution in [3.8, 4) is 11.3 Å². The highest BCUT2D eigenvalue weighted by Gasteiger charge is 2.25. The molecule has 134 valence electrons. The molecule has 0 saturated carbocycles. The van der Waals surface area contributed by atoms with Crippen LogP contribution in [0.25, 0.3) is 22.2 Å². The maximum atomic E-state index is 12.9. The molecule has 1 amide bonds. The third-order valence-corrected chi connectivity index (χ3v) is 5.29. The minimum absolute atomic E-state index is 0.160. The van der Waals surface area contributed by atoms with E-state index in [1.807, 2.05) is 59.6 Å². The SMILES string of the molecule is O=C(Cc1c[nH]c2ccccc12)N1CCc2oc(-c3ccccc3)cc2C1. The van der Waals surface area contributed by atoms with Gasteiger partial charge in [-0.2, -0.15) is 0 Å². The molecule has 0 unspecified atom stereocenters. The van der Waals surface area contributed by atoms with Gasteiger partial charge < -0.3 is 14.3 Å². The maximum absolute atomic E-state index is 12.9. The minimum Gasteiger partial charge on any atom is -0.461 e. The Hall–Kier alpha value is -3.27. The van der Waals surface area contributed by atoms with Gasteiger partial charge in [0.15, 0.2) is 0 Å². The molecule has 0 bridgehead atoms. The van der Waals surface area contributed by atoms with Crippen molar-refractivity contribution >= 4 is 16.8 Å². The Labute approximate surface area is 157 Å². The van der Waals surface area contributed by atoms with Crippen molar-refractivity contribution < 1.29 is 9.21 Å². The number of fused-ring (bicyclic) bond motifs is 2. The summed E-state index contributed by atoms with van der Waals surface area (Å²) in [5.74, 6) is 2.05. The fourth-order valence-corrected chi connectivity index (χ4v) is 3.84. The molecule has 0 spiro atoms. The van der Waals surface area contributed by atoms with E-state index in [1.165, 1.54) is 0 Å². The third-order valence-electron chi connectivity index (χ3n) is 5.29. The van der Waals surface area contributed by atoms with Crippen molar-refractivity contribution in [2.45, 2.75) is 19.4 Å². The average molecular weight is 356 g/mol. The first kappa shape index (κ1) is 15.9. The van der Waals surface area contributed by atoms with Gasteiger partial charge in [-0.1, -0.05) is 48.5 Å². The van der Waals surface area contributed by atoms with E-state index in [9.17, 15) is 4.79 Å². The lowest BCUT2D eigenvalue weighted by atomic mass is 10.1. The van der Waals surface area contributed by atoms with Gasteiger partial charge in [0.2, 0.25) is 5.91 Å². The molecular formula is C23H20N2O2. The summed E-state index contributed by atoms with van der Waals surface area (Å²) in [6, 6.07) is 20.3. The van der Waals surface area contributed by atoms with Gasteiger partial charge in [0.25, 0.3) is 0 Å². The quantitative estimate of drug-likeness (QED) is 0.585. The molecule has 0 radical (unpaired) electrons. The van der Waals surface area contributed by atoms with Gasteiger partial charge in [-0.05, 0) is 17.7 Å². The molecule has 2 aromatic carbocycles. The van der Waals surface area contributed by atoms with Crippen LogP contribution in [-0.4, -0.2) is 22.3 Å². The summed E-state index contributed by atoms with van der Waals surface area (Å²) < 4.78 is 6.04. The number of amides is 1. The van der Waals surface area contributed by atoms with Gasteiger partial charge in [0.05, 0.1) is 6.42 Å². The van der Waals surface area contributed by atoms with Crippen molar-refractivity contribution in [2.24, 2.45) is 0 Å². The van der Waals surface area contributed by atoms with E-state index in [4.69, 9.17) is 4.42 Å². The number of carbonyl (C=O) groups is 1. The molecule has 5 rings (SSSR count). The van der Waals surface area contributed by atoms with Crippen LogP contribution in [0.4, 0.5) is 0 Å². The van der Waals surface area contributed by atoms with Crippen LogP contribution < -0.4 is 0 Å². The zero-order chi connectivity index (χ0) is 18.2. The molecule has 1 N–H and O–H groups in total. The van der Waals surface area contributed by atoms with Gasteiger partial charge in [0.1, 0.15) is 11.5 Å². The van der Waals surface area contributed by atoms with Crippen molar-refractivity contribution in [1.29, 1.82) is 0 Å². The smallest absolute Gasteiger partial charge is 0.227 e. The molecule has 0 fully saturated rings. The molecule has 4 aromatic rings.